The van der Waals surface area contributed by atoms with E-state index in [9.17, 15) is 13.2 Å². The third-order valence-electron chi connectivity index (χ3n) is 5.61. The average molecular weight is 446 g/mol. The lowest BCUT2D eigenvalue weighted by Crippen LogP contribution is -2.47. The van der Waals surface area contributed by atoms with Crippen molar-refractivity contribution in [3.8, 4) is 5.75 Å². The van der Waals surface area contributed by atoms with E-state index in [4.69, 9.17) is 4.74 Å². The van der Waals surface area contributed by atoms with Crippen LogP contribution < -0.4 is 14.8 Å². The minimum absolute atomic E-state index is 0.0671. The minimum Gasteiger partial charge on any atom is -0.497 e. The predicted molar refractivity (Wildman–Crippen MR) is 121 cm³/mol. The molecule has 1 aliphatic heterocycles. The summed E-state index contributed by atoms with van der Waals surface area (Å²) in [5.41, 5.74) is 2.34. The van der Waals surface area contributed by atoms with Crippen molar-refractivity contribution in [2.75, 3.05) is 26.7 Å². The molecule has 1 saturated heterocycles. The predicted octanol–water partition coefficient (Wildman–Crippen LogP) is 2.62. The summed E-state index contributed by atoms with van der Waals surface area (Å²) >= 11 is 0. The molecule has 2 aromatic rings. The number of sulfonamides is 1. The fourth-order valence-corrected chi connectivity index (χ4v) is 4.96. The molecule has 0 bridgehead atoms. The van der Waals surface area contributed by atoms with Gasteiger partial charge in [0.1, 0.15) is 5.75 Å². The molecule has 2 atom stereocenters. The van der Waals surface area contributed by atoms with Crippen molar-refractivity contribution in [2.24, 2.45) is 0 Å². The van der Waals surface area contributed by atoms with E-state index in [0.717, 1.165) is 31.5 Å². The zero-order valence-corrected chi connectivity index (χ0v) is 19.1. The van der Waals surface area contributed by atoms with Crippen LogP contribution in [0.2, 0.25) is 0 Å². The summed E-state index contributed by atoms with van der Waals surface area (Å²) in [6.45, 7) is 6.01. The first-order chi connectivity index (χ1) is 14.8. The van der Waals surface area contributed by atoms with Crippen LogP contribution in [0.25, 0.3) is 0 Å². The summed E-state index contributed by atoms with van der Waals surface area (Å²) < 4.78 is 32.7. The molecule has 1 heterocycles. The summed E-state index contributed by atoms with van der Waals surface area (Å²) in [6.07, 6.45) is 2.29. The second kappa shape index (κ2) is 10.3. The van der Waals surface area contributed by atoms with Gasteiger partial charge in [-0.15, -0.1) is 0 Å². The fourth-order valence-electron chi connectivity index (χ4n) is 3.76. The third-order valence-corrected chi connectivity index (χ3v) is 7.16. The van der Waals surface area contributed by atoms with Gasteiger partial charge in [-0.2, -0.15) is 4.72 Å². The van der Waals surface area contributed by atoms with Gasteiger partial charge in [0.2, 0.25) is 15.9 Å². The van der Waals surface area contributed by atoms with Crippen molar-refractivity contribution in [3.05, 3.63) is 59.7 Å². The standard InChI is InChI=1S/C23H31N3O4S/c1-17-6-8-19(9-7-17)22(26-14-4-5-15-26)16-24-23(27)18(2)25-31(28,29)21-12-10-20(30-3)11-13-21/h6-13,18,22,25H,4-5,14-16H2,1-3H3,(H,24,27)/t18-,22?/m0/s1. The lowest BCUT2D eigenvalue weighted by Gasteiger charge is -2.29. The number of methoxy groups -OCH3 is 1. The highest BCUT2D eigenvalue weighted by atomic mass is 32.2. The van der Waals surface area contributed by atoms with Crippen LogP contribution in [0.4, 0.5) is 0 Å². The Morgan fingerprint density at radius 2 is 1.68 bits per heavy atom. The number of carbonyl (C=O) groups is 1. The Hall–Kier alpha value is -2.42. The van der Waals surface area contributed by atoms with Gasteiger partial charge in [-0.3, -0.25) is 9.69 Å². The zero-order chi connectivity index (χ0) is 22.4. The molecular weight excluding hydrogens is 414 g/mol. The van der Waals surface area contributed by atoms with Crippen LogP contribution in [0.3, 0.4) is 0 Å². The molecule has 168 valence electrons. The summed E-state index contributed by atoms with van der Waals surface area (Å²) in [7, 11) is -2.30. The van der Waals surface area contributed by atoms with Gasteiger partial charge in [-0.05, 0) is 69.6 Å². The van der Waals surface area contributed by atoms with Gasteiger partial charge in [-0.25, -0.2) is 8.42 Å². The molecule has 1 amide bonds. The Kier molecular flexibility index (Phi) is 7.69. The van der Waals surface area contributed by atoms with Crippen LogP contribution >= 0.6 is 0 Å². The number of amides is 1. The number of nitrogens with zero attached hydrogens (tertiary/aromatic N) is 1. The molecule has 1 aliphatic rings. The number of aryl methyl sites for hydroxylation is 1. The first-order valence-corrected chi connectivity index (χ1v) is 12.0. The van der Waals surface area contributed by atoms with E-state index < -0.39 is 16.1 Å². The first-order valence-electron chi connectivity index (χ1n) is 10.5. The lowest BCUT2D eigenvalue weighted by atomic mass is 10.0. The number of likely N-dealkylation sites (tertiary alicyclic amines) is 1. The monoisotopic (exact) mass is 445 g/mol. The molecule has 2 N–H and O–H groups in total. The molecule has 0 radical (unpaired) electrons. The molecule has 7 nitrogen and oxygen atoms in total. The van der Waals surface area contributed by atoms with Crippen LogP contribution in [0.1, 0.15) is 36.9 Å². The van der Waals surface area contributed by atoms with E-state index in [1.54, 1.807) is 19.1 Å². The highest BCUT2D eigenvalue weighted by molar-refractivity contribution is 7.89. The third kappa shape index (κ3) is 6.06. The summed E-state index contributed by atoms with van der Waals surface area (Å²) in [6, 6.07) is 13.6. The number of rotatable bonds is 9. The molecular formula is C23H31N3O4S. The quantitative estimate of drug-likeness (QED) is 0.620. The van der Waals surface area contributed by atoms with Crippen LogP contribution in [-0.2, 0) is 14.8 Å². The highest BCUT2D eigenvalue weighted by Crippen LogP contribution is 2.25. The van der Waals surface area contributed by atoms with Gasteiger partial charge in [-0.1, -0.05) is 29.8 Å². The van der Waals surface area contributed by atoms with E-state index in [2.05, 4.69) is 39.2 Å². The maximum absolute atomic E-state index is 12.7. The van der Waals surface area contributed by atoms with Gasteiger partial charge >= 0.3 is 0 Å². The maximum Gasteiger partial charge on any atom is 0.241 e. The number of carbonyl (C=O) groups excluding carboxylic acids is 1. The van der Waals surface area contributed by atoms with E-state index in [1.165, 1.54) is 24.8 Å². The van der Waals surface area contributed by atoms with E-state index in [0.29, 0.717) is 12.3 Å². The van der Waals surface area contributed by atoms with Gasteiger partial charge in [0.05, 0.1) is 24.1 Å². The van der Waals surface area contributed by atoms with Crippen LogP contribution in [0.15, 0.2) is 53.4 Å². The molecule has 0 spiro atoms. The largest absolute Gasteiger partial charge is 0.497 e. The van der Waals surface area contributed by atoms with Crippen molar-refractivity contribution in [1.82, 2.24) is 14.9 Å². The maximum atomic E-state index is 12.7. The number of hydrogen-bond acceptors (Lipinski definition) is 5. The van der Waals surface area contributed by atoms with E-state index >= 15 is 0 Å². The van der Waals surface area contributed by atoms with Crippen molar-refractivity contribution in [1.29, 1.82) is 0 Å². The van der Waals surface area contributed by atoms with Crippen molar-refractivity contribution in [2.45, 2.75) is 43.7 Å². The number of ether oxygens (including phenoxy) is 1. The molecule has 1 unspecified atom stereocenters. The summed E-state index contributed by atoms with van der Waals surface area (Å²) in [5.74, 6) is 0.210. The Labute approximate surface area is 184 Å². The zero-order valence-electron chi connectivity index (χ0n) is 18.3. The SMILES string of the molecule is COc1ccc(S(=O)(=O)N[C@@H](C)C(=O)NCC(c2ccc(C)cc2)N2CCCC2)cc1. The normalized spacial score (nSPS) is 16.6. The number of benzene rings is 2. The Morgan fingerprint density at radius 1 is 1.06 bits per heavy atom. The second-order valence-corrected chi connectivity index (χ2v) is 9.65. The van der Waals surface area contributed by atoms with E-state index in [1.807, 2.05) is 6.92 Å². The van der Waals surface area contributed by atoms with Gasteiger partial charge in [0, 0.05) is 6.54 Å². The second-order valence-electron chi connectivity index (χ2n) is 7.93. The van der Waals surface area contributed by atoms with Crippen LogP contribution in [-0.4, -0.2) is 52.0 Å². The molecule has 0 saturated carbocycles. The Morgan fingerprint density at radius 3 is 2.26 bits per heavy atom. The highest BCUT2D eigenvalue weighted by Gasteiger charge is 2.26. The fraction of sp³-hybridized carbons (Fsp3) is 0.435. The summed E-state index contributed by atoms with van der Waals surface area (Å²) in [5, 5.41) is 2.94. The van der Waals surface area contributed by atoms with Crippen LogP contribution in [0.5, 0.6) is 5.75 Å². The number of nitrogens with one attached hydrogen (secondary N) is 2. The molecule has 0 aromatic heterocycles. The molecule has 3 rings (SSSR count). The van der Waals surface area contributed by atoms with Crippen molar-refractivity contribution in [3.63, 3.8) is 0 Å². The van der Waals surface area contributed by atoms with Crippen molar-refractivity contribution < 1.29 is 17.9 Å². The lowest BCUT2D eigenvalue weighted by molar-refractivity contribution is -0.122. The minimum atomic E-state index is -3.82. The van der Waals surface area contributed by atoms with Gasteiger partial charge < -0.3 is 10.1 Å². The average Bonchev–Trinajstić information content (AvgIpc) is 3.29. The molecule has 8 heteroatoms. The molecule has 31 heavy (non-hydrogen) atoms. The smallest absolute Gasteiger partial charge is 0.241 e. The van der Waals surface area contributed by atoms with Crippen molar-refractivity contribution >= 4 is 15.9 Å². The Bertz CT molecular complexity index is 969. The summed E-state index contributed by atoms with van der Waals surface area (Å²) in [4.78, 5) is 15.1. The Balaban J connectivity index is 1.63. The van der Waals surface area contributed by atoms with E-state index in [-0.39, 0.29) is 16.8 Å². The molecule has 2 aromatic carbocycles. The van der Waals surface area contributed by atoms with Gasteiger partial charge in [0.15, 0.2) is 0 Å². The first kappa shape index (κ1) is 23.2. The molecule has 1 fully saturated rings. The number of hydrogen-bond donors (Lipinski definition) is 2. The molecule has 0 aliphatic carbocycles. The topological polar surface area (TPSA) is 87.7 Å². The van der Waals surface area contributed by atoms with Gasteiger partial charge in [0.25, 0.3) is 0 Å². The van der Waals surface area contributed by atoms with Crippen LogP contribution in [0, 0.1) is 6.92 Å².